The van der Waals surface area contributed by atoms with Crippen molar-refractivity contribution in [3.63, 3.8) is 0 Å². The van der Waals surface area contributed by atoms with Crippen LogP contribution in [0.2, 0.25) is 0 Å². The molecule has 27 heavy (non-hydrogen) atoms. The Morgan fingerprint density at radius 1 is 1.22 bits per heavy atom. The fraction of sp³-hybridized carbons (Fsp3) is 0.250. The molecule has 0 aliphatic heterocycles. The fourth-order valence-electron chi connectivity index (χ4n) is 2.62. The second-order valence-corrected chi connectivity index (χ2v) is 6.85. The normalized spacial score (nSPS) is 11.7. The summed E-state index contributed by atoms with van der Waals surface area (Å²) in [6.45, 7) is 2.22. The molecule has 0 bridgehead atoms. The van der Waals surface area contributed by atoms with E-state index in [2.05, 4.69) is 10.5 Å². The van der Waals surface area contributed by atoms with Gasteiger partial charge in [0.1, 0.15) is 0 Å². The van der Waals surface area contributed by atoms with Crippen molar-refractivity contribution in [1.82, 2.24) is 10.5 Å². The Morgan fingerprint density at radius 2 is 2.04 bits per heavy atom. The van der Waals surface area contributed by atoms with Gasteiger partial charge in [0, 0.05) is 12.6 Å². The number of ether oxygens (including phenoxy) is 1. The molecule has 1 amide bonds. The maximum absolute atomic E-state index is 12.4. The minimum atomic E-state index is -0.472. The molecular weight excluding hydrogens is 364 g/mol. The van der Waals surface area contributed by atoms with Crippen molar-refractivity contribution in [2.45, 2.75) is 13.3 Å². The number of rotatable bonds is 8. The number of nitrogens with zero attached hydrogens (tertiary/aromatic N) is 1. The van der Waals surface area contributed by atoms with Crippen molar-refractivity contribution in [3.05, 3.63) is 65.2 Å². The zero-order chi connectivity index (χ0) is 19.1. The molecule has 0 spiro atoms. The van der Waals surface area contributed by atoms with E-state index in [0.29, 0.717) is 18.8 Å². The molecule has 3 aromatic rings. The van der Waals surface area contributed by atoms with Crippen LogP contribution in [0, 0.1) is 5.92 Å². The van der Waals surface area contributed by atoms with Crippen molar-refractivity contribution in [2.24, 2.45) is 5.92 Å². The Labute approximate surface area is 161 Å². The maximum atomic E-state index is 12.4. The number of carbonyl (C=O) groups excluding carboxylic acids is 2. The zero-order valence-corrected chi connectivity index (χ0v) is 15.7. The third-order valence-electron chi connectivity index (χ3n) is 3.96. The van der Waals surface area contributed by atoms with Gasteiger partial charge >= 0.3 is 5.97 Å². The van der Waals surface area contributed by atoms with Crippen molar-refractivity contribution in [2.75, 3.05) is 13.2 Å². The molecule has 1 aromatic carbocycles. The zero-order valence-electron chi connectivity index (χ0n) is 14.9. The van der Waals surface area contributed by atoms with E-state index < -0.39 is 5.92 Å². The number of esters is 1. The first-order valence-corrected chi connectivity index (χ1v) is 9.54. The lowest BCUT2D eigenvalue weighted by Gasteiger charge is -2.16. The van der Waals surface area contributed by atoms with Crippen LogP contribution in [0.4, 0.5) is 0 Å². The minimum absolute atomic E-state index is 0.160. The number of amides is 1. The summed E-state index contributed by atoms with van der Waals surface area (Å²) >= 11 is 1.50. The monoisotopic (exact) mass is 384 g/mol. The van der Waals surface area contributed by atoms with Crippen molar-refractivity contribution >= 4 is 23.2 Å². The second kappa shape index (κ2) is 9.14. The van der Waals surface area contributed by atoms with E-state index >= 15 is 0 Å². The van der Waals surface area contributed by atoms with Crippen molar-refractivity contribution < 1.29 is 18.8 Å². The molecule has 0 saturated carbocycles. The van der Waals surface area contributed by atoms with Crippen LogP contribution in [0.25, 0.3) is 10.6 Å². The highest BCUT2D eigenvalue weighted by Crippen LogP contribution is 2.25. The van der Waals surface area contributed by atoms with Crippen LogP contribution >= 0.6 is 11.3 Å². The van der Waals surface area contributed by atoms with Crippen LogP contribution in [0.3, 0.4) is 0 Å². The molecule has 3 rings (SSSR count). The fourth-order valence-corrected chi connectivity index (χ4v) is 3.29. The Balaban J connectivity index is 1.63. The molecule has 0 saturated heterocycles. The summed E-state index contributed by atoms with van der Waals surface area (Å²) in [6, 6.07) is 15.0. The van der Waals surface area contributed by atoms with Gasteiger partial charge in [-0.25, -0.2) is 0 Å². The van der Waals surface area contributed by atoms with Gasteiger partial charge in [-0.2, -0.15) is 0 Å². The largest absolute Gasteiger partial charge is 0.466 e. The van der Waals surface area contributed by atoms with Crippen molar-refractivity contribution in [1.29, 1.82) is 0 Å². The first kappa shape index (κ1) is 18.8. The molecule has 0 aliphatic carbocycles. The summed E-state index contributed by atoms with van der Waals surface area (Å²) in [4.78, 5) is 25.5. The van der Waals surface area contributed by atoms with E-state index in [1.807, 2.05) is 47.8 Å². The van der Waals surface area contributed by atoms with E-state index in [1.165, 1.54) is 11.3 Å². The summed E-state index contributed by atoms with van der Waals surface area (Å²) in [5.41, 5.74) is 1.19. The number of carbonyl (C=O) groups is 2. The molecule has 1 atom stereocenters. The molecule has 1 unspecified atom stereocenters. The van der Waals surface area contributed by atoms with Gasteiger partial charge in [0.05, 0.1) is 17.4 Å². The van der Waals surface area contributed by atoms with Crippen LogP contribution in [0.15, 0.2) is 58.4 Å². The topological polar surface area (TPSA) is 81.4 Å². The molecule has 0 aliphatic rings. The Bertz CT molecular complexity index is 875. The summed E-state index contributed by atoms with van der Waals surface area (Å²) in [6.07, 6.45) is 0.485. The molecule has 2 aromatic heterocycles. The Kier molecular flexibility index (Phi) is 6.38. The van der Waals surface area contributed by atoms with Gasteiger partial charge in [-0.1, -0.05) is 41.6 Å². The SMILES string of the molecule is CCOC(=O)C(CNC(=O)c1cc(-c2cccs2)on1)Cc1ccccc1. The summed E-state index contributed by atoms with van der Waals surface area (Å²) in [5.74, 6) is -0.647. The molecule has 1 N–H and O–H groups in total. The number of nitrogens with one attached hydrogen (secondary N) is 1. The third-order valence-corrected chi connectivity index (χ3v) is 4.85. The van der Waals surface area contributed by atoms with E-state index in [9.17, 15) is 9.59 Å². The van der Waals surface area contributed by atoms with E-state index in [-0.39, 0.29) is 24.1 Å². The van der Waals surface area contributed by atoms with Crippen LogP contribution in [-0.4, -0.2) is 30.2 Å². The molecule has 2 heterocycles. The average molecular weight is 384 g/mol. The lowest BCUT2D eigenvalue weighted by atomic mass is 9.99. The smallest absolute Gasteiger partial charge is 0.311 e. The lowest BCUT2D eigenvalue weighted by molar-refractivity contribution is -0.147. The number of thiophene rings is 1. The summed E-state index contributed by atoms with van der Waals surface area (Å²) in [7, 11) is 0. The first-order chi connectivity index (χ1) is 13.2. The van der Waals surface area contributed by atoms with Crippen molar-refractivity contribution in [3.8, 4) is 10.6 Å². The van der Waals surface area contributed by atoms with Gasteiger partial charge in [0.25, 0.3) is 5.91 Å². The predicted octanol–water partition coefficient (Wildman–Crippen LogP) is 3.55. The molecular formula is C20H20N2O4S. The van der Waals surface area contributed by atoms with E-state index in [1.54, 1.807) is 13.0 Å². The summed E-state index contributed by atoms with van der Waals surface area (Å²) < 4.78 is 10.4. The highest BCUT2D eigenvalue weighted by molar-refractivity contribution is 7.13. The number of hydrogen-bond donors (Lipinski definition) is 1. The van der Waals surface area contributed by atoms with E-state index in [0.717, 1.165) is 10.4 Å². The van der Waals surface area contributed by atoms with Gasteiger partial charge in [0.2, 0.25) is 0 Å². The minimum Gasteiger partial charge on any atom is -0.466 e. The maximum Gasteiger partial charge on any atom is 0.311 e. The van der Waals surface area contributed by atoms with Gasteiger partial charge in [0.15, 0.2) is 11.5 Å². The lowest BCUT2D eigenvalue weighted by Crippen LogP contribution is -2.35. The Hall–Kier alpha value is -2.93. The third kappa shape index (κ3) is 5.04. The highest BCUT2D eigenvalue weighted by atomic mass is 32.1. The van der Waals surface area contributed by atoms with Gasteiger partial charge < -0.3 is 14.6 Å². The molecule has 6 nitrogen and oxygen atoms in total. The molecule has 7 heteroatoms. The number of hydrogen-bond acceptors (Lipinski definition) is 6. The number of benzene rings is 1. The quantitative estimate of drug-likeness (QED) is 0.601. The van der Waals surface area contributed by atoms with Crippen LogP contribution < -0.4 is 5.32 Å². The standard InChI is InChI=1S/C20H20N2O4S/c1-2-25-20(24)15(11-14-7-4-3-5-8-14)13-21-19(23)16-12-17(26-22-16)18-9-6-10-27-18/h3-10,12,15H,2,11,13H2,1H3,(H,21,23). The Morgan fingerprint density at radius 3 is 2.74 bits per heavy atom. The van der Waals surface area contributed by atoms with Crippen LogP contribution in [-0.2, 0) is 16.0 Å². The highest BCUT2D eigenvalue weighted by Gasteiger charge is 2.22. The first-order valence-electron chi connectivity index (χ1n) is 8.66. The van der Waals surface area contributed by atoms with Gasteiger partial charge in [-0.05, 0) is 30.4 Å². The predicted molar refractivity (Wildman–Crippen MR) is 102 cm³/mol. The van der Waals surface area contributed by atoms with E-state index in [4.69, 9.17) is 9.26 Å². The summed E-state index contributed by atoms with van der Waals surface area (Å²) in [5, 5.41) is 8.50. The van der Waals surface area contributed by atoms with Crippen LogP contribution in [0.5, 0.6) is 0 Å². The number of aromatic nitrogens is 1. The van der Waals surface area contributed by atoms with Gasteiger partial charge in [-0.15, -0.1) is 11.3 Å². The van der Waals surface area contributed by atoms with Crippen LogP contribution in [0.1, 0.15) is 23.0 Å². The molecule has 0 radical (unpaired) electrons. The van der Waals surface area contributed by atoms with Gasteiger partial charge in [-0.3, -0.25) is 9.59 Å². The molecule has 0 fully saturated rings. The second-order valence-electron chi connectivity index (χ2n) is 5.90. The average Bonchev–Trinajstić information content (AvgIpc) is 3.37. The molecule has 140 valence electrons.